The molecule has 1 N–H and O–H groups in total. The average Bonchev–Trinajstić information content (AvgIpc) is 2.46. The van der Waals surface area contributed by atoms with Crippen LogP contribution >= 0.6 is 0 Å². The van der Waals surface area contributed by atoms with Gasteiger partial charge in [0, 0.05) is 19.3 Å². The fourth-order valence-corrected chi connectivity index (χ4v) is 2.03. The number of carboxylic acids is 1. The molecule has 0 saturated heterocycles. The number of aliphatic carboxylic acids is 1. The monoisotopic (exact) mass is 290 g/mol. The first-order valence-corrected chi connectivity index (χ1v) is 8.45. The van der Waals surface area contributed by atoms with Crippen molar-refractivity contribution in [1.82, 2.24) is 0 Å². The number of carboxylic acid groups (broad SMARTS) is 1. The molecule has 0 spiro atoms. The fourth-order valence-electron chi connectivity index (χ4n) is 2.03. The lowest BCUT2D eigenvalue weighted by Crippen LogP contribution is -1.93. The van der Waals surface area contributed by atoms with Crippen molar-refractivity contribution in [3.63, 3.8) is 0 Å². The van der Waals surface area contributed by atoms with Gasteiger partial charge in [-0.15, -0.1) is 0 Å². The molecule has 0 unspecified atom stereocenters. The molecule has 0 aromatic heterocycles. The van der Waals surface area contributed by atoms with Crippen molar-refractivity contribution in [3.05, 3.63) is 0 Å². The Morgan fingerprint density at radius 2 is 1.24 bits per heavy atom. The van der Waals surface area contributed by atoms with Gasteiger partial charge in [0.25, 0.3) is 0 Å². The van der Waals surface area contributed by atoms with Gasteiger partial charge in [0.15, 0.2) is 0 Å². The highest BCUT2D eigenvalue weighted by molar-refractivity contribution is 5.66. The van der Waals surface area contributed by atoms with Gasteiger partial charge in [-0.25, -0.2) is 0 Å². The van der Waals surface area contributed by atoms with Crippen LogP contribution in [0.3, 0.4) is 0 Å². The van der Waals surface area contributed by atoms with Crippen LogP contribution in [0, 0.1) is 23.7 Å². The molecule has 2 nitrogen and oxygen atoms in total. The van der Waals surface area contributed by atoms with E-state index in [0.717, 1.165) is 25.7 Å². The van der Waals surface area contributed by atoms with Crippen molar-refractivity contribution in [3.8, 4) is 23.7 Å². The third kappa shape index (κ3) is 18.6. The van der Waals surface area contributed by atoms with Crippen LogP contribution in [-0.2, 0) is 4.79 Å². The number of unbranched alkanes of at least 4 members (excludes halogenated alkanes) is 10. The summed E-state index contributed by atoms with van der Waals surface area (Å²) in [7, 11) is 0. The topological polar surface area (TPSA) is 37.3 Å². The zero-order chi connectivity index (χ0) is 15.6. The second-order valence-corrected chi connectivity index (χ2v) is 5.43. The lowest BCUT2D eigenvalue weighted by Gasteiger charge is -2.00. The maximum absolute atomic E-state index is 10.3. The summed E-state index contributed by atoms with van der Waals surface area (Å²) in [5.74, 6) is 11.3. The molecule has 0 heterocycles. The first-order chi connectivity index (χ1) is 10.3. The predicted molar refractivity (Wildman–Crippen MR) is 88.9 cm³/mol. The van der Waals surface area contributed by atoms with Gasteiger partial charge >= 0.3 is 5.97 Å². The second-order valence-electron chi connectivity index (χ2n) is 5.43. The molecule has 118 valence electrons. The van der Waals surface area contributed by atoms with E-state index in [1.165, 1.54) is 51.4 Å². The summed E-state index contributed by atoms with van der Waals surface area (Å²) in [6, 6.07) is 0. The highest BCUT2D eigenvalue weighted by Crippen LogP contribution is 2.10. The molecule has 0 amide bonds. The Labute approximate surface area is 130 Å². The van der Waals surface area contributed by atoms with Crippen LogP contribution in [0.4, 0.5) is 0 Å². The Bertz CT molecular complexity index is 362. The van der Waals surface area contributed by atoms with Crippen molar-refractivity contribution >= 4 is 5.97 Å². The Morgan fingerprint density at radius 1 is 0.762 bits per heavy atom. The number of hydrogen-bond donors (Lipinski definition) is 1. The molecule has 0 aliphatic rings. The van der Waals surface area contributed by atoms with Gasteiger partial charge in [0.2, 0.25) is 0 Å². The number of carbonyl (C=O) groups is 1. The lowest BCUT2D eigenvalue weighted by atomic mass is 10.1. The molecule has 0 fully saturated rings. The average molecular weight is 290 g/mol. The molecule has 0 aromatic rings. The smallest absolute Gasteiger partial charge is 0.303 e. The normalized spacial score (nSPS) is 9.38. The van der Waals surface area contributed by atoms with Crippen LogP contribution < -0.4 is 0 Å². The standard InChI is InChI=1S/C19H30O2/c1-2-3-4-5-6-7-8-9-10-11-12-13-14-15-16-17-18-19(20)21/h2-4,9-18H2,1H3,(H,20,21). The van der Waals surface area contributed by atoms with Crippen LogP contribution in [0.2, 0.25) is 0 Å². The third-order valence-electron chi connectivity index (χ3n) is 3.34. The summed E-state index contributed by atoms with van der Waals surface area (Å²) in [6.45, 7) is 2.17. The molecule has 0 aliphatic heterocycles. The maximum atomic E-state index is 10.3. The van der Waals surface area contributed by atoms with Crippen molar-refractivity contribution in [1.29, 1.82) is 0 Å². The van der Waals surface area contributed by atoms with Crippen molar-refractivity contribution in [2.45, 2.75) is 90.4 Å². The van der Waals surface area contributed by atoms with Crippen molar-refractivity contribution in [2.75, 3.05) is 0 Å². The van der Waals surface area contributed by atoms with E-state index >= 15 is 0 Å². The first-order valence-electron chi connectivity index (χ1n) is 8.45. The van der Waals surface area contributed by atoms with Crippen LogP contribution in [0.25, 0.3) is 0 Å². The molecular weight excluding hydrogens is 260 g/mol. The minimum atomic E-state index is -0.675. The van der Waals surface area contributed by atoms with E-state index in [2.05, 4.69) is 30.6 Å². The summed E-state index contributed by atoms with van der Waals surface area (Å²) in [4.78, 5) is 10.3. The SMILES string of the molecule is CCCCC#CC#CCCCCCCCCCCC(=O)O. The van der Waals surface area contributed by atoms with Gasteiger partial charge in [-0.05, 0) is 31.1 Å². The molecule has 21 heavy (non-hydrogen) atoms. The van der Waals surface area contributed by atoms with E-state index in [1.807, 2.05) is 0 Å². The summed E-state index contributed by atoms with van der Waals surface area (Å²) in [5, 5.41) is 8.51. The van der Waals surface area contributed by atoms with Gasteiger partial charge in [-0.1, -0.05) is 63.7 Å². The van der Waals surface area contributed by atoms with E-state index < -0.39 is 5.97 Å². The highest BCUT2D eigenvalue weighted by atomic mass is 16.4. The van der Waals surface area contributed by atoms with Crippen LogP contribution in [0.15, 0.2) is 0 Å². The largest absolute Gasteiger partial charge is 0.481 e. The van der Waals surface area contributed by atoms with Gasteiger partial charge in [0.1, 0.15) is 0 Å². The number of rotatable bonds is 12. The Kier molecular flexibility index (Phi) is 15.5. The molecule has 0 saturated carbocycles. The number of hydrogen-bond acceptors (Lipinski definition) is 1. The first kappa shape index (κ1) is 19.6. The van der Waals surface area contributed by atoms with Gasteiger partial charge in [0.05, 0.1) is 0 Å². The van der Waals surface area contributed by atoms with Gasteiger partial charge in [-0.3, -0.25) is 4.79 Å². The van der Waals surface area contributed by atoms with Crippen molar-refractivity contribution < 1.29 is 9.90 Å². The predicted octanol–water partition coefficient (Wildman–Crippen LogP) is 5.17. The molecule has 0 bridgehead atoms. The van der Waals surface area contributed by atoms with E-state index in [9.17, 15) is 4.79 Å². The Balaban J connectivity index is 3.20. The molecule has 0 rings (SSSR count). The van der Waals surface area contributed by atoms with E-state index in [1.54, 1.807) is 0 Å². The highest BCUT2D eigenvalue weighted by Gasteiger charge is 1.96. The van der Waals surface area contributed by atoms with Crippen LogP contribution in [-0.4, -0.2) is 11.1 Å². The van der Waals surface area contributed by atoms with Gasteiger partial charge < -0.3 is 5.11 Å². The van der Waals surface area contributed by atoms with Crippen LogP contribution in [0.5, 0.6) is 0 Å². The van der Waals surface area contributed by atoms with Crippen LogP contribution in [0.1, 0.15) is 90.4 Å². The maximum Gasteiger partial charge on any atom is 0.303 e. The molecule has 0 aromatic carbocycles. The summed E-state index contributed by atoms with van der Waals surface area (Å²) < 4.78 is 0. The minimum Gasteiger partial charge on any atom is -0.481 e. The van der Waals surface area contributed by atoms with Gasteiger partial charge in [-0.2, -0.15) is 0 Å². The zero-order valence-electron chi connectivity index (χ0n) is 13.5. The lowest BCUT2D eigenvalue weighted by molar-refractivity contribution is -0.137. The van der Waals surface area contributed by atoms with Crippen molar-refractivity contribution in [2.24, 2.45) is 0 Å². The quantitative estimate of drug-likeness (QED) is 0.398. The summed E-state index contributed by atoms with van der Waals surface area (Å²) in [5.41, 5.74) is 0. The molecule has 0 atom stereocenters. The zero-order valence-corrected chi connectivity index (χ0v) is 13.5. The van der Waals surface area contributed by atoms with E-state index in [4.69, 9.17) is 5.11 Å². The second kappa shape index (κ2) is 16.6. The summed E-state index contributed by atoms with van der Waals surface area (Å²) in [6.07, 6.45) is 13.8. The van der Waals surface area contributed by atoms with E-state index in [-0.39, 0.29) is 0 Å². The summed E-state index contributed by atoms with van der Waals surface area (Å²) >= 11 is 0. The molecule has 0 radical (unpaired) electrons. The third-order valence-corrected chi connectivity index (χ3v) is 3.34. The molecule has 0 aliphatic carbocycles. The minimum absolute atomic E-state index is 0.319. The fraction of sp³-hybridized carbons (Fsp3) is 0.737. The Hall–Kier alpha value is -1.41. The molecular formula is C19H30O2. The van der Waals surface area contributed by atoms with E-state index in [0.29, 0.717) is 6.42 Å². The molecule has 2 heteroatoms. The Morgan fingerprint density at radius 3 is 1.76 bits per heavy atom.